The van der Waals surface area contributed by atoms with Crippen LogP contribution in [0.5, 0.6) is 0 Å². The lowest BCUT2D eigenvalue weighted by Gasteiger charge is -2.06. The van der Waals surface area contributed by atoms with Crippen LogP contribution in [-0.2, 0) is 14.8 Å². The molecule has 0 radical (unpaired) electrons. The smallest absolute Gasteiger partial charge is 0.303 e. The van der Waals surface area contributed by atoms with Crippen molar-refractivity contribution >= 4 is 39.2 Å². The maximum absolute atomic E-state index is 11.7. The standard InChI is InChI=1S/C9H10Cl2N2O4S/c10-7-4-6(5-12-9(7)11)18(16,17)13-3-1-2-8(14)15/h4-5,13H,1-3H2,(H,14,15). The first-order valence-corrected chi connectivity index (χ1v) is 7.09. The number of aliphatic carboxylic acids is 1. The first kappa shape index (κ1) is 15.2. The van der Waals surface area contributed by atoms with Gasteiger partial charge in [0.2, 0.25) is 10.0 Å². The number of carboxylic acid groups (broad SMARTS) is 1. The molecule has 18 heavy (non-hydrogen) atoms. The molecular formula is C9H10Cl2N2O4S. The van der Waals surface area contributed by atoms with E-state index in [4.69, 9.17) is 28.3 Å². The van der Waals surface area contributed by atoms with Gasteiger partial charge in [0.1, 0.15) is 10.0 Å². The van der Waals surface area contributed by atoms with Crippen LogP contribution in [0.1, 0.15) is 12.8 Å². The molecule has 1 aromatic rings. The first-order chi connectivity index (χ1) is 8.33. The number of nitrogens with one attached hydrogen (secondary N) is 1. The van der Waals surface area contributed by atoms with Crippen LogP contribution >= 0.6 is 23.2 Å². The Labute approximate surface area is 114 Å². The molecule has 100 valence electrons. The van der Waals surface area contributed by atoms with E-state index in [1.165, 1.54) is 6.07 Å². The number of hydrogen-bond acceptors (Lipinski definition) is 4. The van der Waals surface area contributed by atoms with Crippen LogP contribution in [0.25, 0.3) is 0 Å². The van der Waals surface area contributed by atoms with Gasteiger partial charge in [-0.05, 0) is 12.5 Å². The monoisotopic (exact) mass is 312 g/mol. The second-order valence-corrected chi connectivity index (χ2v) is 5.87. The number of rotatable bonds is 6. The SMILES string of the molecule is O=C(O)CCCNS(=O)(=O)c1cnc(Cl)c(Cl)c1. The van der Waals surface area contributed by atoms with Gasteiger partial charge in [0, 0.05) is 19.2 Å². The minimum absolute atomic E-state index is 0.0153. The zero-order chi connectivity index (χ0) is 13.8. The quantitative estimate of drug-likeness (QED) is 0.613. The van der Waals surface area contributed by atoms with Gasteiger partial charge in [-0.2, -0.15) is 0 Å². The van der Waals surface area contributed by atoms with Gasteiger partial charge in [-0.25, -0.2) is 18.1 Å². The van der Waals surface area contributed by atoms with E-state index in [1.807, 2.05) is 0 Å². The number of sulfonamides is 1. The molecule has 2 N–H and O–H groups in total. The molecule has 0 bridgehead atoms. The average molecular weight is 313 g/mol. The van der Waals surface area contributed by atoms with Gasteiger partial charge in [0.05, 0.1) is 5.02 Å². The molecule has 1 aromatic heterocycles. The van der Waals surface area contributed by atoms with Crippen molar-refractivity contribution in [1.29, 1.82) is 0 Å². The third-order valence-electron chi connectivity index (χ3n) is 1.94. The van der Waals surface area contributed by atoms with Crippen LogP contribution in [-0.4, -0.2) is 31.0 Å². The Morgan fingerprint density at radius 2 is 2.11 bits per heavy atom. The number of carbonyl (C=O) groups is 1. The predicted molar refractivity (Wildman–Crippen MR) is 66.3 cm³/mol. The van der Waals surface area contributed by atoms with E-state index in [9.17, 15) is 13.2 Å². The molecule has 0 aliphatic rings. The molecule has 1 heterocycles. The van der Waals surface area contributed by atoms with Crippen LogP contribution < -0.4 is 4.72 Å². The van der Waals surface area contributed by atoms with Crippen molar-refractivity contribution in [3.8, 4) is 0 Å². The van der Waals surface area contributed by atoms with E-state index < -0.39 is 16.0 Å². The molecule has 0 unspecified atom stereocenters. The van der Waals surface area contributed by atoms with Crippen molar-refractivity contribution in [3.05, 3.63) is 22.4 Å². The lowest BCUT2D eigenvalue weighted by atomic mass is 10.3. The third kappa shape index (κ3) is 4.41. The summed E-state index contributed by atoms with van der Waals surface area (Å²) in [7, 11) is -3.75. The summed E-state index contributed by atoms with van der Waals surface area (Å²) in [6.07, 6.45) is 1.17. The van der Waals surface area contributed by atoms with Crippen LogP contribution in [0.3, 0.4) is 0 Å². The van der Waals surface area contributed by atoms with Crippen LogP contribution in [0.4, 0.5) is 0 Å². The summed E-state index contributed by atoms with van der Waals surface area (Å²) in [6.45, 7) is 0.0227. The number of pyridine rings is 1. The Kier molecular flexibility index (Phi) is 5.33. The fourth-order valence-corrected chi connectivity index (χ4v) is 2.46. The minimum Gasteiger partial charge on any atom is -0.481 e. The number of nitrogens with zero attached hydrogens (tertiary/aromatic N) is 1. The summed E-state index contributed by atoms with van der Waals surface area (Å²) >= 11 is 11.2. The second-order valence-electron chi connectivity index (χ2n) is 3.34. The predicted octanol–water partition coefficient (Wildman–Crippen LogP) is 1.53. The molecule has 0 atom stereocenters. The molecule has 6 nitrogen and oxygen atoms in total. The summed E-state index contributed by atoms with van der Waals surface area (Å²) in [5, 5.41) is 8.46. The van der Waals surface area contributed by atoms with Crippen LogP contribution in [0, 0.1) is 0 Å². The summed E-state index contributed by atoms with van der Waals surface area (Å²) < 4.78 is 25.7. The van der Waals surface area contributed by atoms with Crippen molar-refractivity contribution in [3.63, 3.8) is 0 Å². The Morgan fingerprint density at radius 3 is 2.67 bits per heavy atom. The topological polar surface area (TPSA) is 96.4 Å². The zero-order valence-corrected chi connectivity index (χ0v) is 11.4. The number of hydrogen-bond donors (Lipinski definition) is 2. The van der Waals surface area contributed by atoms with E-state index >= 15 is 0 Å². The van der Waals surface area contributed by atoms with E-state index in [2.05, 4.69) is 9.71 Å². The summed E-state index contributed by atoms with van der Waals surface area (Å²) in [5.41, 5.74) is 0. The highest BCUT2D eigenvalue weighted by Gasteiger charge is 2.15. The molecule has 0 saturated carbocycles. The highest BCUT2D eigenvalue weighted by molar-refractivity contribution is 7.89. The molecular weight excluding hydrogens is 303 g/mol. The molecule has 0 saturated heterocycles. The Morgan fingerprint density at radius 1 is 1.44 bits per heavy atom. The van der Waals surface area contributed by atoms with Gasteiger partial charge in [-0.1, -0.05) is 23.2 Å². The molecule has 0 spiro atoms. The highest BCUT2D eigenvalue weighted by atomic mass is 35.5. The van der Waals surface area contributed by atoms with Gasteiger partial charge in [0.25, 0.3) is 0 Å². The van der Waals surface area contributed by atoms with Crippen molar-refractivity contribution in [1.82, 2.24) is 9.71 Å². The van der Waals surface area contributed by atoms with Crippen molar-refractivity contribution in [2.75, 3.05) is 6.54 Å². The van der Waals surface area contributed by atoms with Gasteiger partial charge in [-0.3, -0.25) is 4.79 Å². The van der Waals surface area contributed by atoms with Gasteiger partial charge < -0.3 is 5.11 Å². The molecule has 1 rings (SSSR count). The molecule has 9 heteroatoms. The molecule has 0 aliphatic heterocycles. The summed E-state index contributed by atoms with van der Waals surface area (Å²) in [5.74, 6) is -0.981. The van der Waals surface area contributed by atoms with Crippen molar-refractivity contribution in [2.45, 2.75) is 17.7 Å². The zero-order valence-electron chi connectivity index (χ0n) is 9.06. The van der Waals surface area contributed by atoms with Crippen molar-refractivity contribution < 1.29 is 18.3 Å². The van der Waals surface area contributed by atoms with E-state index in [-0.39, 0.29) is 34.5 Å². The largest absolute Gasteiger partial charge is 0.481 e. The van der Waals surface area contributed by atoms with Crippen molar-refractivity contribution in [2.24, 2.45) is 0 Å². The average Bonchev–Trinajstić information content (AvgIpc) is 2.28. The number of halogens is 2. The van der Waals surface area contributed by atoms with E-state index in [0.717, 1.165) is 6.20 Å². The van der Waals surface area contributed by atoms with Crippen LogP contribution in [0.2, 0.25) is 10.2 Å². The highest BCUT2D eigenvalue weighted by Crippen LogP contribution is 2.21. The third-order valence-corrected chi connectivity index (χ3v) is 4.06. The van der Waals surface area contributed by atoms with Gasteiger partial charge in [-0.15, -0.1) is 0 Å². The lowest BCUT2D eigenvalue weighted by Crippen LogP contribution is -2.25. The van der Waals surface area contributed by atoms with Crippen LogP contribution in [0.15, 0.2) is 17.2 Å². The Hall–Kier alpha value is -0.890. The maximum atomic E-state index is 11.7. The number of carboxylic acids is 1. The minimum atomic E-state index is -3.75. The fraction of sp³-hybridized carbons (Fsp3) is 0.333. The summed E-state index contributed by atoms with van der Waals surface area (Å²) in [4.78, 5) is 13.8. The Balaban J connectivity index is 2.68. The molecule has 0 amide bonds. The first-order valence-electron chi connectivity index (χ1n) is 4.85. The maximum Gasteiger partial charge on any atom is 0.303 e. The second kappa shape index (κ2) is 6.33. The lowest BCUT2D eigenvalue weighted by molar-refractivity contribution is -0.137. The normalized spacial score (nSPS) is 11.4. The molecule has 0 aromatic carbocycles. The fourth-order valence-electron chi connectivity index (χ4n) is 1.08. The van der Waals surface area contributed by atoms with E-state index in [0.29, 0.717) is 0 Å². The van der Waals surface area contributed by atoms with Gasteiger partial charge in [0.15, 0.2) is 0 Å². The molecule has 0 aliphatic carbocycles. The number of aromatic nitrogens is 1. The van der Waals surface area contributed by atoms with Gasteiger partial charge >= 0.3 is 5.97 Å². The Bertz CT molecular complexity index is 547. The van der Waals surface area contributed by atoms with E-state index in [1.54, 1.807) is 0 Å². The summed E-state index contributed by atoms with van der Waals surface area (Å²) in [6, 6.07) is 1.18. The molecule has 0 fully saturated rings.